The Balaban J connectivity index is 2.55. The van der Waals surface area contributed by atoms with Crippen LogP contribution in [0, 0.1) is 0 Å². The molecule has 0 saturated heterocycles. The van der Waals surface area contributed by atoms with Gasteiger partial charge in [-0.3, -0.25) is 0 Å². The van der Waals surface area contributed by atoms with Gasteiger partial charge >= 0.3 is 0 Å². The van der Waals surface area contributed by atoms with Gasteiger partial charge in [0.25, 0.3) is 0 Å². The van der Waals surface area contributed by atoms with Gasteiger partial charge in [-0.2, -0.15) is 0 Å². The summed E-state index contributed by atoms with van der Waals surface area (Å²) in [6.45, 7) is 0.829. The van der Waals surface area contributed by atoms with E-state index in [2.05, 4.69) is 5.16 Å². The number of rotatable bonds is 0. The number of hydrogen-bond donors (Lipinski definition) is 1. The first kappa shape index (κ1) is 7.16. The van der Waals surface area contributed by atoms with E-state index in [1.165, 1.54) is 5.56 Å². The fourth-order valence-electron chi connectivity index (χ4n) is 1.54. The Bertz CT molecular complexity index is 333. The highest BCUT2D eigenvalue weighted by Gasteiger charge is 2.21. The molecule has 1 aromatic carbocycles. The number of fused-ring (bicyclic) bond motifs is 1. The molecule has 3 nitrogen and oxygen atoms in total. The Hall–Kier alpha value is -1.51. The molecule has 0 unspecified atom stereocenters. The quantitative estimate of drug-likeness (QED) is 0.460. The molecule has 0 aromatic heterocycles. The van der Waals surface area contributed by atoms with Gasteiger partial charge in [0.1, 0.15) is 0 Å². The number of nitrogens with zero attached hydrogens (tertiary/aromatic N) is 2. The van der Waals surface area contributed by atoms with Crippen molar-refractivity contribution < 1.29 is 5.21 Å². The van der Waals surface area contributed by atoms with E-state index in [0.717, 1.165) is 12.1 Å². The maximum Gasteiger partial charge on any atom is 0.175 e. The van der Waals surface area contributed by atoms with Gasteiger partial charge in [0.15, 0.2) is 5.84 Å². The van der Waals surface area contributed by atoms with Crippen LogP contribution >= 0.6 is 0 Å². The first-order valence-corrected chi connectivity index (χ1v) is 3.84. The SMILES string of the molecule is CN1Cc2ccccc2/C1=N/O. The van der Waals surface area contributed by atoms with Gasteiger partial charge in [0, 0.05) is 19.2 Å². The number of hydrogen-bond acceptors (Lipinski definition) is 2. The zero-order chi connectivity index (χ0) is 8.55. The molecule has 0 radical (unpaired) electrons. The van der Waals surface area contributed by atoms with E-state index >= 15 is 0 Å². The van der Waals surface area contributed by atoms with Crippen molar-refractivity contribution in [2.75, 3.05) is 7.05 Å². The molecule has 1 heterocycles. The standard InChI is InChI=1S/C9H10N2O/c1-11-6-7-4-2-3-5-8(7)9(11)10-12/h2-5,12H,6H2,1H3/b10-9-. The van der Waals surface area contributed by atoms with Crippen LogP contribution in [0.3, 0.4) is 0 Å². The lowest BCUT2D eigenvalue weighted by molar-refractivity contribution is 0.308. The number of benzene rings is 1. The van der Waals surface area contributed by atoms with E-state index in [1.807, 2.05) is 36.2 Å². The molecule has 0 bridgehead atoms. The van der Waals surface area contributed by atoms with Crippen molar-refractivity contribution in [1.82, 2.24) is 4.90 Å². The lowest BCUT2D eigenvalue weighted by Crippen LogP contribution is -2.18. The summed E-state index contributed by atoms with van der Waals surface area (Å²) in [4.78, 5) is 1.92. The van der Waals surface area contributed by atoms with Crippen molar-refractivity contribution >= 4 is 5.84 Å². The van der Waals surface area contributed by atoms with Crippen LogP contribution in [0.5, 0.6) is 0 Å². The monoisotopic (exact) mass is 162 g/mol. The topological polar surface area (TPSA) is 35.8 Å². The van der Waals surface area contributed by atoms with Crippen LogP contribution in [-0.4, -0.2) is 23.0 Å². The second-order valence-corrected chi connectivity index (χ2v) is 2.94. The van der Waals surface area contributed by atoms with Crippen LogP contribution in [0.2, 0.25) is 0 Å². The van der Waals surface area contributed by atoms with Crippen LogP contribution < -0.4 is 0 Å². The normalized spacial score (nSPS) is 18.4. The second kappa shape index (κ2) is 2.52. The minimum Gasteiger partial charge on any atom is -0.409 e. The summed E-state index contributed by atoms with van der Waals surface area (Å²) in [7, 11) is 1.91. The fourth-order valence-corrected chi connectivity index (χ4v) is 1.54. The highest BCUT2D eigenvalue weighted by Crippen LogP contribution is 2.20. The molecule has 1 aliphatic heterocycles. The number of oxime groups is 1. The van der Waals surface area contributed by atoms with Crippen LogP contribution in [0.1, 0.15) is 11.1 Å². The predicted molar refractivity (Wildman–Crippen MR) is 46.2 cm³/mol. The predicted octanol–water partition coefficient (Wildman–Crippen LogP) is 1.27. The Kier molecular flexibility index (Phi) is 1.50. The van der Waals surface area contributed by atoms with Crippen LogP contribution in [0.4, 0.5) is 0 Å². The third-order valence-corrected chi connectivity index (χ3v) is 2.12. The highest BCUT2D eigenvalue weighted by molar-refractivity contribution is 6.01. The van der Waals surface area contributed by atoms with E-state index in [0.29, 0.717) is 5.84 Å². The summed E-state index contributed by atoms with van der Waals surface area (Å²) in [6, 6.07) is 7.95. The summed E-state index contributed by atoms with van der Waals surface area (Å²) in [5, 5.41) is 12.0. The van der Waals surface area contributed by atoms with Crippen molar-refractivity contribution in [3.63, 3.8) is 0 Å². The third-order valence-electron chi connectivity index (χ3n) is 2.12. The van der Waals surface area contributed by atoms with E-state index < -0.39 is 0 Å². The molecule has 0 atom stereocenters. The van der Waals surface area contributed by atoms with Crippen molar-refractivity contribution in [2.45, 2.75) is 6.54 Å². The largest absolute Gasteiger partial charge is 0.409 e. The van der Waals surface area contributed by atoms with Gasteiger partial charge in [0.2, 0.25) is 0 Å². The van der Waals surface area contributed by atoms with Crippen LogP contribution in [0.15, 0.2) is 29.4 Å². The van der Waals surface area contributed by atoms with E-state index in [4.69, 9.17) is 5.21 Å². The van der Waals surface area contributed by atoms with E-state index in [1.54, 1.807) is 0 Å². The van der Waals surface area contributed by atoms with Gasteiger partial charge in [-0.05, 0) is 5.56 Å². The molecular weight excluding hydrogens is 152 g/mol. The van der Waals surface area contributed by atoms with Gasteiger partial charge in [-0.25, -0.2) is 0 Å². The van der Waals surface area contributed by atoms with Gasteiger partial charge < -0.3 is 10.1 Å². The zero-order valence-corrected chi connectivity index (χ0v) is 6.86. The molecule has 12 heavy (non-hydrogen) atoms. The van der Waals surface area contributed by atoms with Crippen molar-refractivity contribution in [1.29, 1.82) is 0 Å². The average molecular weight is 162 g/mol. The van der Waals surface area contributed by atoms with Gasteiger partial charge in [-0.1, -0.05) is 29.4 Å². The summed E-state index contributed by atoms with van der Waals surface area (Å²) in [5.41, 5.74) is 2.25. The maximum absolute atomic E-state index is 8.73. The molecule has 62 valence electrons. The first-order valence-electron chi connectivity index (χ1n) is 3.84. The van der Waals surface area contributed by atoms with Crippen molar-refractivity contribution in [2.24, 2.45) is 5.16 Å². The van der Waals surface area contributed by atoms with Gasteiger partial charge in [-0.15, -0.1) is 0 Å². The summed E-state index contributed by atoms with van der Waals surface area (Å²) < 4.78 is 0. The summed E-state index contributed by atoms with van der Waals surface area (Å²) >= 11 is 0. The summed E-state index contributed by atoms with van der Waals surface area (Å²) in [5.74, 6) is 0.658. The van der Waals surface area contributed by atoms with E-state index in [-0.39, 0.29) is 0 Å². The molecule has 0 fully saturated rings. The van der Waals surface area contributed by atoms with Crippen molar-refractivity contribution in [3.05, 3.63) is 35.4 Å². The van der Waals surface area contributed by atoms with Crippen LogP contribution in [0.25, 0.3) is 0 Å². The van der Waals surface area contributed by atoms with Crippen LogP contribution in [-0.2, 0) is 6.54 Å². The molecule has 1 N–H and O–H groups in total. The van der Waals surface area contributed by atoms with Gasteiger partial charge in [0.05, 0.1) is 0 Å². The lowest BCUT2D eigenvalue weighted by atomic mass is 10.1. The van der Waals surface area contributed by atoms with E-state index in [9.17, 15) is 0 Å². The Morgan fingerprint density at radius 2 is 2.17 bits per heavy atom. The molecule has 0 aliphatic carbocycles. The van der Waals surface area contributed by atoms with Crippen molar-refractivity contribution in [3.8, 4) is 0 Å². The molecule has 1 aliphatic rings. The molecule has 3 heteroatoms. The highest BCUT2D eigenvalue weighted by atomic mass is 16.4. The minimum absolute atomic E-state index is 0.658. The number of amidine groups is 1. The zero-order valence-electron chi connectivity index (χ0n) is 6.86. The maximum atomic E-state index is 8.73. The first-order chi connectivity index (χ1) is 5.83. The average Bonchev–Trinajstić information content (AvgIpc) is 2.40. The fraction of sp³-hybridized carbons (Fsp3) is 0.222. The second-order valence-electron chi connectivity index (χ2n) is 2.94. The Morgan fingerprint density at radius 3 is 2.92 bits per heavy atom. The molecule has 2 rings (SSSR count). The molecular formula is C9H10N2O. The molecule has 0 saturated carbocycles. The minimum atomic E-state index is 0.658. The third kappa shape index (κ3) is 0.863. The molecule has 0 spiro atoms. The lowest BCUT2D eigenvalue weighted by Gasteiger charge is -2.08. The Morgan fingerprint density at radius 1 is 1.42 bits per heavy atom. The smallest absolute Gasteiger partial charge is 0.175 e. The molecule has 1 aromatic rings. The molecule has 0 amide bonds. The summed E-state index contributed by atoms with van der Waals surface area (Å²) in [6.07, 6.45) is 0. The Labute approximate surface area is 70.9 Å².